The van der Waals surface area contributed by atoms with Gasteiger partial charge in [0.15, 0.2) is 0 Å². The SMILES string of the molecule is COc1ccccc1NC(=O)C1(C(C)O)CC1. The molecule has 4 nitrogen and oxygen atoms in total. The molecule has 0 bridgehead atoms. The van der Waals surface area contributed by atoms with Crippen LogP contribution in [0.5, 0.6) is 5.75 Å². The van der Waals surface area contributed by atoms with E-state index < -0.39 is 11.5 Å². The highest BCUT2D eigenvalue weighted by molar-refractivity contribution is 5.98. The van der Waals surface area contributed by atoms with Gasteiger partial charge in [-0.25, -0.2) is 0 Å². The normalized spacial score (nSPS) is 18.3. The Kier molecular flexibility index (Phi) is 3.07. The standard InChI is InChI=1S/C13H17NO3/c1-9(15)13(7-8-13)12(16)14-10-5-3-4-6-11(10)17-2/h3-6,9,15H,7-8H2,1-2H3,(H,14,16). The third-order valence-electron chi connectivity index (χ3n) is 3.40. The van der Waals surface area contributed by atoms with Gasteiger partial charge in [0, 0.05) is 0 Å². The smallest absolute Gasteiger partial charge is 0.233 e. The van der Waals surface area contributed by atoms with Crippen molar-refractivity contribution < 1.29 is 14.6 Å². The molecule has 2 rings (SSSR count). The second-order valence-electron chi connectivity index (χ2n) is 4.49. The molecular weight excluding hydrogens is 218 g/mol. The third-order valence-corrected chi connectivity index (χ3v) is 3.40. The molecule has 1 aliphatic rings. The van der Waals surface area contributed by atoms with Gasteiger partial charge in [0.05, 0.1) is 24.3 Å². The molecule has 0 radical (unpaired) electrons. The second kappa shape index (κ2) is 4.37. The van der Waals surface area contributed by atoms with Gasteiger partial charge in [-0.1, -0.05) is 12.1 Å². The van der Waals surface area contributed by atoms with Crippen LogP contribution in [0.4, 0.5) is 5.69 Å². The highest BCUT2D eigenvalue weighted by Gasteiger charge is 2.53. The van der Waals surface area contributed by atoms with E-state index in [-0.39, 0.29) is 5.91 Å². The monoisotopic (exact) mass is 235 g/mol. The number of aliphatic hydroxyl groups excluding tert-OH is 1. The highest BCUT2D eigenvalue weighted by Crippen LogP contribution is 2.49. The van der Waals surface area contributed by atoms with Crippen LogP contribution in [0.25, 0.3) is 0 Å². The minimum atomic E-state index is -0.614. The molecule has 0 heterocycles. The molecule has 1 atom stereocenters. The predicted octanol–water partition coefficient (Wildman–Crippen LogP) is 1.79. The van der Waals surface area contributed by atoms with Gasteiger partial charge >= 0.3 is 0 Å². The van der Waals surface area contributed by atoms with Crippen molar-refractivity contribution in [2.75, 3.05) is 12.4 Å². The second-order valence-corrected chi connectivity index (χ2v) is 4.49. The third kappa shape index (κ3) is 2.13. The van der Waals surface area contributed by atoms with E-state index in [1.807, 2.05) is 12.1 Å². The number of carbonyl (C=O) groups excluding carboxylic acids is 1. The highest BCUT2D eigenvalue weighted by atomic mass is 16.5. The van der Waals surface area contributed by atoms with Crippen LogP contribution in [0, 0.1) is 5.41 Å². The lowest BCUT2D eigenvalue weighted by Crippen LogP contribution is -2.33. The molecule has 1 saturated carbocycles. The zero-order valence-electron chi connectivity index (χ0n) is 10.1. The van der Waals surface area contributed by atoms with Crippen LogP contribution < -0.4 is 10.1 Å². The number of anilines is 1. The number of rotatable bonds is 4. The summed E-state index contributed by atoms with van der Waals surface area (Å²) in [6, 6.07) is 7.25. The van der Waals surface area contributed by atoms with Crippen molar-refractivity contribution in [3.05, 3.63) is 24.3 Å². The Morgan fingerprint density at radius 2 is 2.12 bits per heavy atom. The molecule has 0 saturated heterocycles. The molecule has 4 heteroatoms. The Balaban J connectivity index is 2.14. The van der Waals surface area contributed by atoms with Crippen molar-refractivity contribution in [2.45, 2.75) is 25.9 Å². The van der Waals surface area contributed by atoms with Crippen molar-refractivity contribution in [3.63, 3.8) is 0 Å². The first-order chi connectivity index (χ1) is 8.10. The van der Waals surface area contributed by atoms with Crippen molar-refractivity contribution in [1.82, 2.24) is 0 Å². The van der Waals surface area contributed by atoms with Crippen LogP contribution >= 0.6 is 0 Å². The Morgan fingerprint density at radius 1 is 1.47 bits per heavy atom. The van der Waals surface area contributed by atoms with Crippen molar-refractivity contribution in [3.8, 4) is 5.75 Å². The summed E-state index contributed by atoms with van der Waals surface area (Å²) in [5.74, 6) is 0.499. The molecule has 0 aromatic heterocycles. The molecule has 1 amide bonds. The first kappa shape index (κ1) is 11.9. The molecule has 17 heavy (non-hydrogen) atoms. The largest absolute Gasteiger partial charge is 0.495 e. The number of hydrogen-bond donors (Lipinski definition) is 2. The Morgan fingerprint density at radius 3 is 2.65 bits per heavy atom. The molecule has 1 fully saturated rings. The van der Waals surface area contributed by atoms with E-state index in [1.54, 1.807) is 26.2 Å². The van der Waals surface area contributed by atoms with Crippen molar-refractivity contribution >= 4 is 11.6 Å². The van der Waals surface area contributed by atoms with Crippen LogP contribution in [0.15, 0.2) is 24.3 Å². The first-order valence-electron chi connectivity index (χ1n) is 5.73. The van der Waals surface area contributed by atoms with Crippen molar-refractivity contribution in [1.29, 1.82) is 0 Å². The Bertz CT molecular complexity index is 424. The number of nitrogens with one attached hydrogen (secondary N) is 1. The van der Waals surface area contributed by atoms with Gasteiger partial charge in [0.1, 0.15) is 5.75 Å². The van der Waals surface area contributed by atoms with E-state index in [0.29, 0.717) is 11.4 Å². The van der Waals surface area contributed by atoms with E-state index in [1.165, 1.54) is 0 Å². The van der Waals surface area contributed by atoms with Gasteiger partial charge in [-0.3, -0.25) is 4.79 Å². The average Bonchev–Trinajstić information content (AvgIpc) is 3.10. The topological polar surface area (TPSA) is 58.6 Å². The first-order valence-corrected chi connectivity index (χ1v) is 5.73. The molecule has 2 N–H and O–H groups in total. The summed E-state index contributed by atoms with van der Waals surface area (Å²) in [6.45, 7) is 1.66. The number of methoxy groups -OCH3 is 1. The summed E-state index contributed by atoms with van der Waals surface area (Å²) < 4.78 is 5.16. The van der Waals surface area contributed by atoms with Gasteiger partial charge in [-0.15, -0.1) is 0 Å². The van der Waals surface area contributed by atoms with Crippen molar-refractivity contribution in [2.24, 2.45) is 5.41 Å². The lowest BCUT2D eigenvalue weighted by atomic mass is 9.99. The lowest BCUT2D eigenvalue weighted by Gasteiger charge is -2.18. The van der Waals surface area contributed by atoms with Crippen LogP contribution in [-0.2, 0) is 4.79 Å². The molecule has 1 aliphatic carbocycles. The molecule has 92 valence electrons. The van der Waals surface area contributed by atoms with Crippen LogP contribution in [-0.4, -0.2) is 24.2 Å². The molecule has 1 aromatic rings. The maximum Gasteiger partial charge on any atom is 0.233 e. The van der Waals surface area contributed by atoms with Crippen LogP contribution in [0.3, 0.4) is 0 Å². The summed E-state index contributed by atoms with van der Waals surface area (Å²) in [7, 11) is 1.56. The maximum absolute atomic E-state index is 12.1. The quantitative estimate of drug-likeness (QED) is 0.836. The minimum absolute atomic E-state index is 0.128. The van der Waals surface area contributed by atoms with E-state index in [4.69, 9.17) is 4.74 Å². The van der Waals surface area contributed by atoms with Gasteiger partial charge in [-0.2, -0.15) is 0 Å². The molecule has 0 spiro atoms. The Hall–Kier alpha value is -1.55. The zero-order chi connectivity index (χ0) is 12.5. The van der Waals surface area contributed by atoms with Gasteiger partial charge in [-0.05, 0) is 31.9 Å². The van der Waals surface area contributed by atoms with E-state index in [2.05, 4.69) is 5.32 Å². The summed E-state index contributed by atoms with van der Waals surface area (Å²) >= 11 is 0. The number of para-hydroxylation sites is 2. The summed E-state index contributed by atoms with van der Waals surface area (Å²) in [4.78, 5) is 12.1. The molecule has 0 aliphatic heterocycles. The Labute approximate surface area is 101 Å². The summed E-state index contributed by atoms with van der Waals surface area (Å²) in [6.07, 6.45) is 0.870. The predicted molar refractivity (Wildman–Crippen MR) is 65.0 cm³/mol. The number of benzene rings is 1. The number of carbonyl (C=O) groups is 1. The van der Waals surface area contributed by atoms with Gasteiger partial charge in [0.2, 0.25) is 5.91 Å². The van der Waals surface area contributed by atoms with E-state index in [9.17, 15) is 9.90 Å². The summed E-state index contributed by atoms with van der Waals surface area (Å²) in [5, 5.41) is 12.4. The van der Waals surface area contributed by atoms with Crippen LogP contribution in [0.2, 0.25) is 0 Å². The number of aliphatic hydroxyl groups is 1. The maximum atomic E-state index is 12.1. The number of amides is 1. The zero-order valence-corrected chi connectivity index (χ0v) is 10.1. The fourth-order valence-electron chi connectivity index (χ4n) is 1.96. The lowest BCUT2D eigenvalue weighted by molar-refractivity contribution is -0.124. The fourth-order valence-corrected chi connectivity index (χ4v) is 1.96. The molecular formula is C13H17NO3. The number of ether oxygens (including phenoxy) is 1. The van der Waals surface area contributed by atoms with Gasteiger partial charge < -0.3 is 15.2 Å². The van der Waals surface area contributed by atoms with E-state index >= 15 is 0 Å². The number of hydrogen-bond acceptors (Lipinski definition) is 3. The summed E-state index contributed by atoms with van der Waals surface area (Å²) in [5.41, 5.74) is 0.0489. The van der Waals surface area contributed by atoms with Gasteiger partial charge in [0.25, 0.3) is 0 Å². The molecule has 1 unspecified atom stereocenters. The minimum Gasteiger partial charge on any atom is -0.495 e. The van der Waals surface area contributed by atoms with Crippen LogP contribution in [0.1, 0.15) is 19.8 Å². The fraction of sp³-hybridized carbons (Fsp3) is 0.462. The average molecular weight is 235 g/mol. The van der Waals surface area contributed by atoms with E-state index in [0.717, 1.165) is 12.8 Å². The molecule has 1 aromatic carbocycles.